The molecule has 168 valence electrons. The number of carbonyl (C=O) groups is 2. The number of methoxy groups -OCH3 is 1. The number of amides is 2. The topological polar surface area (TPSA) is 65.1 Å². The predicted molar refractivity (Wildman–Crippen MR) is 128 cm³/mol. The molecule has 0 saturated carbocycles. The van der Waals surface area contributed by atoms with E-state index in [1.54, 1.807) is 25.3 Å². The molecule has 0 aromatic heterocycles. The fourth-order valence-corrected chi connectivity index (χ4v) is 4.13. The first-order valence-corrected chi connectivity index (χ1v) is 11.2. The molecule has 0 atom stereocenters. The number of nitrogens with zero attached hydrogens (tertiary/aromatic N) is 1. The van der Waals surface area contributed by atoms with E-state index in [1.165, 1.54) is 4.90 Å². The summed E-state index contributed by atoms with van der Waals surface area (Å²) in [4.78, 5) is 26.8. The first-order valence-electron chi connectivity index (χ1n) is 10.4. The summed E-state index contributed by atoms with van der Waals surface area (Å²) in [5.74, 6) is 1.53. The zero-order chi connectivity index (χ0) is 23.0. The number of hydrogen-bond donors (Lipinski definition) is 0. The Morgan fingerprint density at radius 3 is 2.42 bits per heavy atom. The first-order chi connectivity index (χ1) is 16.1. The van der Waals surface area contributed by atoms with E-state index in [-0.39, 0.29) is 24.3 Å². The fourth-order valence-electron chi connectivity index (χ4n) is 3.26. The maximum Gasteiger partial charge on any atom is 0.293 e. The summed E-state index contributed by atoms with van der Waals surface area (Å²) < 4.78 is 16.8. The van der Waals surface area contributed by atoms with Gasteiger partial charge >= 0.3 is 0 Å². The van der Waals surface area contributed by atoms with Crippen molar-refractivity contribution in [1.82, 2.24) is 4.90 Å². The zero-order valence-electron chi connectivity index (χ0n) is 18.1. The molecule has 3 aromatic carbocycles. The Balaban J connectivity index is 1.37. The summed E-state index contributed by atoms with van der Waals surface area (Å²) in [6.07, 6.45) is 1.71. The van der Waals surface area contributed by atoms with Crippen LogP contribution in [0.5, 0.6) is 17.2 Å². The summed E-state index contributed by atoms with van der Waals surface area (Å²) in [5.41, 5.74) is 1.86. The van der Waals surface area contributed by atoms with Gasteiger partial charge in [-0.25, -0.2) is 0 Å². The van der Waals surface area contributed by atoms with Crippen LogP contribution in [-0.4, -0.2) is 36.3 Å². The van der Waals surface area contributed by atoms with Crippen molar-refractivity contribution < 1.29 is 23.8 Å². The van der Waals surface area contributed by atoms with E-state index in [2.05, 4.69) is 0 Å². The number of imide groups is 1. The van der Waals surface area contributed by atoms with Gasteiger partial charge in [0.05, 0.1) is 18.6 Å². The van der Waals surface area contributed by atoms with Gasteiger partial charge in [-0.3, -0.25) is 14.5 Å². The van der Waals surface area contributed by atoms with Crippen LogP contribution >= 0.6 is 11.8 Å². The average Bonchev–Trinajstić information content (AvgIpc) is 3.11. The molecular weight excluding hydrogens is 438 g/mol. The number of thioether (sulfide) groups is 1. The van der Waals surface area contributed by atoms with Crippen LogP contribution in [0.1, 0.15) is 11.1 Å². The SMILES string of the molecule is COc1ccccc1OCCN1C(=O)S/C(=C\c2cccc(OCc3ccccc3)c2)C1=O. The minimum atomic E-state index is -0.329. The molecule has 1 saturated heterocycles. The Kier molecular flexibility index (Phi) is 7.32. The second-order valence-corrected chi connectivity index (χ2v) is 8.17. The van der Waals surface area contributed by atoms with Crippen LogP contribution in [0.15, 0.2) is 83.8 Å². The smallest absolute Gasteiger partial charge is 0.293 e. The third-order valence-electron chi connectivity index (χ3n) is 4.92. The second-order valence-electron chi connectivity index (χ2n) is 7.18. The summed E-state index contributed by atoms with van der Waals surface area (Å²) in [6, 6.07) is 24.6. The lowest BCUT2D eigenvalue weighted by atomic mass is 10.2. The van der Waals surface area contributed by atoms with E-state index in [4.69, 9.17) is 14.2 Å². The van der Waals surface area contributed by atoms with Crippen molar-refractivity contribution in [2.24, 2.45) is 0 Å². The standard InChI is InChI=1S/C26H23NO5S/c1-30-22-12-5-6-13-23(22)31-15-14-27-25(28)24(33-26(27)29)17-20-10-7-11-21(16-20)32-18-19-8-3-2-4-9-19/h2-13,16-17H,14-15,18H2,1H3/b24-17-. The van der Waals surface area contributed by atoms with Crippen molar-refractivity contribution in [2.75, 3.05) is 20.3 Å². The summed E-state index contributed by atoms with van der Waals surface area (Å²) >= 11 is 0.924. The van der Waals surface area contributed by atoms with Crippen molar-refractivity contribution in [2.45, 2.75) is 6.61 Å². The van der Waals surface area contributed by atoms with Gasteiger partial charge in [-0.05, 0) is 53.2 Å². The minimum Gasteiger partial charge on any atom is -0.493 e. The molecule has 2 amide bonds. The van der Waals surface area contributed by atoms with E-state index in [1.807, 2.05) is 66.7 Å². The van der Waals surface area contributed by atoms with Crippen LogP contribution < -0.4 is 14.2 Å². The molecule has 0 bridgehead atoms. The lowest BCUT2D eigenvalue weighted by Crippen LogP contribution is -2.32. The highest BCUT2D eigenvalue weighted by molar-refractivity contribution is 8.18. The number of hydrogen-bond acceptors (Lipinski definition) is 6. The Morgan fingerprint density at radius 2 is 1.64 bits per heavy atom. The van der Waals surface area contributed by atoms with Crippen LogP contribution in [-0.2, 0) is 11.4 Å². The third kappa shape index (κ3) is 5.75. The Morgan fingerprint density at radius 1 is 0.879 bits per heavy atom. The Bertz CT molecular complexity index is 1160. The number of benzene rings is 3. The quantitative estimate of drug-likeness (QED) is 0.398. The molecule has 0 unspecified atom stereocenters. The second kappa shape index (κ2) is 10.7. The third-order valence-corrected chi connectivity index (χ3v) is 5.83. The normalized spacial score (nSPS) is 14.6. The van der Waals surface area contributed by atoms with E-state index < -0.39 is 0 Å². The highest BCUT2D eigenvalue weighted by Crippen LogP contribution is 2.33. The molecule has 7 heteroatoms. The van der Waals surface area contributed by atoms with Gasteiger partial charge < -0.3 is 14.2 Å². The molecule has 0 spiro atoms. The summed E-state index contributed by atoms with van der Waals surface area (Å²) in [7, 11) is 1.56. The molecular formula is C26H23NO5S. The van der Waals surface area contributed by atoms with Crippen LogP contribution in [0.25, 0.3) is 6.08 Å². The molecule has 0 radical (unpaired) electrons. The summed E-state index contributed by atoms with van der Waals surface area (Å²) in [5, 5.41) is -0.314. The average molecular weight is 462 g/mol. The molecule has 4 rings (SSSR count). The van der Waals surface area contributed by atoms with Crippen molar-refractivity contribution in [3.05, 3.63) is 94.9 Å². The molecule has 6 nitrogen and oxygen atoms in total. The monoisotopic (exact) mass is 461 g/mol. The largest absolute Gasteiger partial charge is 0.493 e. The highest BCUT2D eigenvalue weighted by Gasteiger charge is 2.34. The van der Waals surface area contributed by atoms with Gasteiger partial charge in [-0.15, -0.1) is 0 Å². The van der Waals surface area contributed by atoms with Crippen LogP contribution in [0, 0.1) is 0 Å². The molecule has 33 heavy (non-hydrogen) atoms. The van der Waals surface area contributed by atoms with E-state index >= 15 is 0 Å². The van der Waals surface area contributed by atoms with Crippen molar-refractivity contribution in [1.29, 1.82) is 0 Å². The van der Waals surface area contributed by atoms with Crippen LogP contribution in [0.3, 0.4) is 0 Å². The van der Waals surface area contributed by atoms with Gasteiger partial charge in [-0.1, -0.05) is 54.6 Å². The molecule has 1 aliphatic heterocycles. The first kappa shape index (κ1) is 22.5. The molecule has 0 aliphatic carbocycles. The van der Waals surface area contributed by atoms with Gasteiger partial charge in [-0.2, -0.15) is 0 Å². The van der Waals surface area contributed by atoms with Crippen molar-refractivity contribution >= 4 is 29.0 Å². The predicted octanol–water partition coefficient (Wildman–Crippen LogP) is 5.39. The van der Waals surface area contributed by atoms with Gasteiger partial charge in [0.2, 0.25) is 0 Å². The molecule has 3 aromatic rings. The van der Waals surface area contributed by atoms with Gasteiger partial charge in [0.25, 0.3) is 11.1 Å². The Hall–Kier alpha value is -3.71. The number of carbonyl (C=O) groups excluding carboxylic acids is 2. The van der Waals surface area contributed by atoms with Gasteiger partial charge in [0, 0.05) is 0 Å². The maximum atomic E-state index is 12.8. The lowest BCUT2D eigenvalue weighted by Gasteiger charge is -2.14. The maximum absolute atomic E-state index is 12.8. The van der Waals surface area contributed by atoms with Gasteiger partial charge in [0.1, 0.15) is 19.0 Å². The molecule has 1 heterocycles. The Labute approximate surface area is 196 Å². The zero-order valence-corrected chi connectivity index (χ0v) is 18.9. The highest BCUT2D eigenvalue weighted by atomic mass is 32.2. The fraction of sp³-hybridized carbons (Fsp3) is 0.154. The van der Waals surface area contributed by atoms with Crippen molar-refractivity contribution in [3.63, 3.8) is 0 Å². The van der Waals surface area contributed by atoms with E-state index in [0.717, 1.165) is 22.9 Å². The number of ether oxygens (including phenoxy) is 3. The van der Waals surface area contributed by atoms with Crippen LogP contribution in [0.4, 0.5) is 4.79 Å². The van der Waals surface area contributed by atoms with E-state index in [0.29, 0.717) is 28.8 Å². The molecule has 1 aliphatic rings. The molecule has 0 N–H and O–H groups in total. The molecule has 1 fully saturated rings. The number of para-hydroxylation sites is 2. The summed E-state index contributed by atoms with van der Waals surface area (Å²) in [6.45, 7) is 0.780. The number of rotatable bonds is 9. The van der Waals surface area contributed by atoms with Crippen molar-refractivity contribution in [3.8, 4) is 17.2 Å². The van der Waals surface area contributed by atoms with Gasteiger partial charge in [0.15, 0.2) is 11.5 Å². The van der Waals surface area contributed by atoms with Crippen LogP contribution in [0.2, 0.25) is 0 Å². The van der Waals surface area contributed by atoms with E-state index in [9.17, 15) is 9.59 Å². The minimum absolute atomic E-state index is 0.153. The lowest BCUT2D eigenvalue weighted by molar-refractivity contribution is -0.123.